The molecule has 1 heterocycles. The van der Waals surface area contributed by atoms with Gasteiger partial charge in [0.05, 0.1) is 0 Å². The van der Waals surface area contributed by atoms with E-state index in [9.17, 15) is 5.11 Å². The number of nitrogens with zero attached hydrogens (tertiary/aromatic N) is 2. The second-order valence-electron chi connectivity index (χ2n) is 4.43. The second-order valence-corrected chi connectivity index (χ2v) is 4.43. The van der Waals surface area contributed by atoms with Crippen LogP contribution in [0.3, 0.4) is 0 Å². The molecule has 0 aromatic rings. The fraction of sp³-hybridized carbons (Fsp3) is 0.833. The van der Waals surface area contributed by atoms with Crippen molar-refractivity contribution in [3.63, 3.8) is 0 Å². The third-order valence-corrected chi connectivity index (χ3v) is 2.94. The van der Waals surface area contributed by atoms with E-state index in [1.54, 1.807) is 17.3 Å². The predicted molar refractivity (Wildman–Crippen MR) is 63.5 cm³/mol. The Balaban J connectivity index is 1.98. The Bertz CT molecular complexity index is 209. The van der Waals surface area contributed by atoms with E-state index in [0.29, 0.717) is 6.67 Å². The molecule has 16 heavy (non-hydrogen) atoms. The molecule has 0 aliphatic carbocycles. The summed E-state index contributed by atoms with van der Waals surface area (Å²) in [5.74, 6) is 0. The average Bonchev–Trinajstić information content (AvgIpc) is 2.70. The van der Waals surface area contributed by atoms with Crippen LogP contribution in [0.5, 0.6) is 0 Å². The van der Waals surface area contributed by atoms with Gasteiger partial charge in [-0.15, -0.1) is 0 Å². The Morgan fingerprint density at radius 1 is 1.12 bits per heavy atom. The molecule has 0 fully saturated rings. The number of unbranched alkanes of at least 4 members (excludes halogenated alkanes) is 5. The van der Waals surface area contributed by atoms with E-state index in [1.165, 1.54) is 32.1 Å². The number of aliphatic hydroxyl groups is 1. The SMILES string of the molecule is CCCCCCCCC(O)N1C=CN(O)C1. The summed E-state index contributed by atoms with van der Waals surface area (Å²) >= 11 is 0. The molecule has 0 aromatic carbocycles. The zero-order chi connectivity index (χ0) is 11.8. The van der Waals surface area contributed by atoms with Gasteiger partial charge in [0.25, 0.3) is 0 Å². The van der Waals surface area contributed by atoms with Crippen LogP contribution in [0.25, 0.3) is 0 Å². The molecular formula is C12H24N2O2. The summed E-state index contributed by atoms with van der Waals surface area (Å²) in [6.07, 6.45) is 11.0. The van der Waals surface area contributed by atoms with Crippen LogP contribution in [-0.2, 0) is 0 Å². The van der Waals surface area contributed by atoms with Crippen LogP contribution < -0.4 is 0 Å². The summed E-state index contributed by atoms with van der Waals surface area (Å²) in [6, 6.07) is 0. The minimum Gasteiger partial charge on any atom is -0.374 e. The van der Waals surface area contributed by atoms with Crippen molar-refractivity contribution in [3.05, 3.63) is 12.4 Å². The van der Waals surface area contributed by atoms with E-state index in [4.69, 9.17) is 5.21 Å². The quantitative estimate of drug-likeness (QED) is 0.627. The van der Waals surface area contributed by atoms with Gasteiger partial charge in [0.15, 0.2) is 0 Å². The first-order valence-corrected chi connectivity index (χ1v) is 6.31. The number of hydrogen-bond donors (Lipinski definition) is 2. The summed E-state index contributed by atoms with van der Waals surface area (Å²) in [4.78, 5) is 1.74. The van der Waals surface area contributed by atoms with E-state index in [2.05, 4.69) is 6.92 Å². The summed E-state index contributed by atoms with van der Waals surface area (Å²) in [6.45, 7) is 2.58. The van der Waals surface area contributed by atoms with Crippen LogP contribution in [0.2, 0.25) is 0 Å². The fourth-order valence-electron chi connectivity index (χ4n) is 1.89. The minimum atomic E-state index is -0.459. The second kappa shape index (κ2) is 7.52. The zero-order valence-corrected chi connectivity index (χ0v) is 10.2. The summed E-state index contributed by atoms with van der Waals surface area (Å²) < 4.78 is 0. The standard InChI is InChI=1S/C12H24N2O2/c1-2-3-4-5-6-7-8-12(15)13-9-10-14(16)11-13/h9-10,12,15-16H,2-8,11H2,1H3. The minimum absolute atomic E-state index is 0.372. The molecule has 1 aliphatic heterocycles. The molecule has 0 aromatic heterocycles. The van der Waals surface area contributed by atoms with Crippen LogP contribution in [-0.4, -0.2) is 33.2 Å². The molecule has 1 atom stereocenters. The van der Waals surface area contributed by atoms with Gasteiger partial charge in [0.1, 0.15) is 12.9 Å². The van der Waals surface area contributed by atoms with Gasteiger partial charge in [-0.05, 0) is 12.8 Å². The molecule has 0 saturated carbocycles. The fourth-order valence-corrected chi connectivity index (χ4v) is 1.89. The van der Waals surface area contributed by atoms with Gasteiger partial charge in [-0.1, -0.05) is 39.0 Å². The average molecular weight is 228 g/mol. The lowest BCUT2D eigenvalue weighted by Gasteiger charge is -2.23. The van der Waals surface area contributed by atoms with Crippen LogP contribution >= 0.6 is 0 Å². The largest absolute Gasteiger partial charge is 0.374 e. The van der Waals surface area contributed by atoms with Gasteiger partial charge < -0.3 is 10.0 Å². The normalized spacial score (nSPS) is 17.2. The highest BCUT2D eigenvalue weighted by molar-refractivity contribution is 4.87. The van der Waals surface area contributed by atoms with E-state index in [0.717, 1.165) is 17.9 Å². The van der Waals surface area contributed by atoms with E-state index < -0.39 is 6.23 Å². The molecule has 4 nitrogen and oxygen atoms in total. The lowest BCUT2D eigenvalue weighted by Crippen LogP contribution is -2.32. The van der Waals surface area contributed by atoms with Crippen LogP contribution in [0.15, 0.2) is 12.4 Å². The Labute approximate surface area is 98.1 Å². The summed E-state index contributed by atoms with van der Waals surface area (Å²) in [5.41, 5.74) is 0. The first kappa shape index (κ1) is 13.3. The van der Waals surface area contributed by atoms with Crippen molar-refractivity contribution < 1.29 is 10.3 Å². The Kier molecular flexibility index (Phi) is 6.26. The highest BCUT2D eigenvalue weighted by Gasteiger charge is 2.17. The Morgan fingerprint density at radius 2 is 1.81 bits per heavy atom. The first-order valence-electron chi connectivity index (χ1n) is 6.31. The van der Waals surface area contributed by atoms with E-state index in [1.807, 2.05) is 0 Å². The van der Waals surface area contributed by atoms with Gasteiger partial charge >= 0.3 is 0 Å². The van der Waals surface area contributed by atoms with Crippen molar-refractivity contribution in [1.82, 2.24) is 9.96 Å². The highest BCUT2D eigenvalue weighted by Crippen LogP contribution is 2.14. The predicted octanol–water partition coefficient (Wildman–Crippen LogP) is 2.49. The zero-order valence-electron chi connectivity index (χ0n) is 10.2. The molecule has 1 rings (SSSR count). The molecule has 2 N–H and O–H groups in total. The molecule has 0 amide bonds. The van der Waals surface area contributed by atoms with Crippen LogP contribution in [0.1, 0.15) is 51.9 Å². The molecule has 4 heteroatoms. The Hall–Kier alpha value is -0.740. The molecule has 94 valence electrons. The van der Waals surface area contributed by atoms with E-state index >= 15 is 0 Å². The van der Waals surface area contributed by atoms with Crippen molar-refractivity contribution in [2.75, 3.05) is 6.67 Å². The van der Waals surface area contributed by atoms with Crippen molar-refractivity contribution in [2.45, 2.75) is 58.1 Å². The van der Waals surface area contributed by atoms with Gasteiger partial charge in [-0.25, -0.2) is 5.06 Å². The maximum atomic E-state index is 9.81. The summed E-state index contributed by atoms with van der Waals surface area (Å²) in [5, 5.41) is 20.0. The van der Waals surface area contributed by atoms with Crippen molar-refractivity contribution in [1.29, 1.82) is 0 Å². The third-order valence-electron chi connectivity index (χ3n) is 2.94. The summed E-state index contributed by atoms with van der Waals surface area (Å²) in [7, 11) is 0. The van der Waals surface area contributed by atoms with Gasteiger partial charge in [0, 0.05) is 12.4 Å². The first-order chi connectivity index (χ1) is 7.74. The number of rotatable bonds is 8. The lowest BCUT2D eigenvalue weighted by atomic mass is 10.1. The van der Waals surface area contributed by atoms with Crippen LogP contribution in [0, 0.1) is 0 Å². The highest BCUT2D eigenvalue weighted by atomic mass is 16.5. The monoisotopic (exact) mass is 228 g/mol. The topological polar surface area (TPSA) is 46.9 Å². The molecule has 0 spiro atoms. The lowest BCUT2D eigenvalue weighted by molar-refractivity contribution is -0.0845. The maximum Gasteiger partial charge on any atom is 0.127 e. The third kappa shape index (κ3) is 4.86. The van der Waals surface area contributed by atoms with Crippen molar-refractivity contribution >= 4 is 0 Å². The molecule has 0 saturated heterocycles. The van der Waals surface area contributed by atoms with Gasteiger partial charge in [0.2, 0.25) is 0 Å². The number of aliphatic hydroxyl groups excluding tert-OH is 1. The van der Waals surface area contributed by atoms with Gasteiger partial charge in [-0.3, -0.25) is 5.21 Å². The van der Waals surface area contributed by atoms with E-state index in [-0.39, 0.29) is 0 Å². The maximum absolute atomic E-state index is 9.81. The van der Waals surface area contributed by atoms with Gasteiger partial charge in [-0.2, -0.15) is 0 Å². The smallest absolute Gasteiger partial charge is 0.127 e. The molecular weight excluding hydrogens is 204 g/mol. The van der Waals surface area contributed by atoms with Crippen molar-refractivity contribution in [3.8, 4) is 0 Å². The molecule has 0 bridgehead atoms. The molecule has 1 unspecified atom stereocenters. The Morgan fingerprint density at radius 3 is 2.44 bits per heavy atom. The van der Waals surface area contributed by atoms with Crippen LogP contribution in [0.4, 0.5) is 0 Å². The number of hydroxylamine groups is 2. The van der Waals surface area contributed by atoms with Crippen molar-refractivity contribution in [2.24, 2.45) is 0 Å². The number of hydrogen-bond acceptors (Lipinski definition) is 4. The molecule has 0 radical (unpaired) electrons. The molecule has 1 aliphatic rings.